The Morgan fingerprint density at radius 2 is 2.25 bits per heavy atom. The summed E-state index contributed by atoms with van der Waals surface area (Å²) in [6, 6.07) is 0.552. The van der Waals surface area contributed by atoms with Gasteiger partial charge in [-0.3, -0.25) is 9.80 Å². The van der Waals surface area contributed by atoms with E-state index in [1.165, 1.54) is 23.5 Å². The average Bonchev–Trinajstić information content (AvgIpc) is 3.17. The van der Waals surface area contributed by atoms with Crippen LogP contribution in [0.4, 0.5) is 0 Å². The van der Waals surface area contributed by atoms with E-state index in [0.717, 1.165) is 32.0 Å². The quantitative estimate of drug-likeness (QED) is 0.799. The highest BCUT2D eigenvalue weighted by molar-refractivity contribution is 7.09. The molecule has 0 spiro atoms. The molecule has 0 saturated carbocycles. The van der Waals surface area contributed by atoms with E-state index in [2.05, 4.69) is 46.2 Å². The van der Waals surface area contributed by atoms with Crippen molar-refractivity contribution in [3.05, 3.63) is 27.8 Å². The number of likely N-dealkylation sites (tertiary alicyclic amines) is 1. The van der Waals surface area contributed by atoms with Gasteiger partial charge in [-0.25, -0.2) is 4.98 Å². The van der Waals surface area contributed by atoms with Gasteiger partial charge in [0.1, 0.15) is 0 Å². The molecule has 1 fully saturated rings. The maximum Gasteiger partial charge on any atom is 0.223 e. The molecule has 132 valence electrons. The maximum absolute atomic E-state index is 5.08. The molecule has 0 bridgehead atoms. The zero-order valence-corrected chi connectivity index (χ0v) is 15.8. The van der Waals surface area contributed by atoms with Crippen LogP contribution >= 0.6 is 11.3 Å². The van der Waals surface area contributed by atoms with Crippen LogP contribution in [0.1, 0.15) is 55.0 Å². The Morgan fingerprint density at radius 3 is 2.92 bits per heavy atom. The summed E-state index contributed by atoms with van der Waals surface area (Å²) < 4.78 is 5.08. The average molecular weight is 350 g/mol. The Labute approximate surface area is 147 Å². The van der Waals surface area contributed by atoms with Crippen LogP contribution in [-0.2, 0) is 13.1 Å². The van der Waals surface area contributed by atoms with Crippen molar-refractivity contribution in [1.82, 2.24) is 24.9 Å². The highest BCUT2D eigenvalue weighted by atomic mass is 32.1. The summed E-state index contributed by atoms with van der Waals surface area (Å²) in [5.41, 5.74) is 1.19. The number of piperidine rings is 1. The third-order valence-electron chi connectivity index (χ3n) is 4.51. The van der Waals surface area contributed by atoms with Crippen LogP contribution in [-0.4, -0.2) is 51.1 Å². The van der Waals surface area contributed by atoms with Gasteiger partial charge in [-0.2, -0.15) is 4.98 Å². The number of rotatable bonds is 6. The topological polar surface area (TPSA) is 58.3 Å². The molecule has 3 rings (SSSR count). The lowest BCUT2D eigenvalue weighted by atomic mass is 10.0. The minimum Gasteiger partial charge on any atom is -0.340 e. The van der Waals surface area contributed by atoms with Crippen LogP contribution in [0.5, 0.6) is 0 Å². The molecule has 1 saturated heterocycles. The Balaban J connectivity index is 1.55. The van der Waals surface area contributed by atoms with Gasteiger partial charge in [0, 0.05) is 37.4 Å². The molecular formula is C17H27N5OS. The number of thiazole rings is 1. The van der Waals surface area contributed by atoms with E-state index < -0.39 is 0 Å². The van der Waals surface area contributed by atoms with E-state index in [4.69, 9.17) is 9.51 Å². The van der Waals surface area contributed by atoms with Gasteiger partial charge in [0.25, 0.3) is 0 Å². The molecular weight excluding hydrogens is 322 g/mol. The summed E-state index contributed by atoms with van der Waals surface area (Å²) in [5, 5.41) is 7.45. The lowest BCUT2D eigenvalue weighted by Gasteiger charge is -2.36. The van der Waals surface area contributed by atoms with Gasteiger partial charge >= 0.3 is 0 Å². The summed E-state index contributed by atoms with van der Waals surface area (Å²) in [4.78, 5) is 13.9. The third kappa shape index (κ3) is 4.40. The third-order valence-corrected chi connectivity index (χ3v) is 5.71. The van der Waals surface area contributed by atoms with Crippen molar-refractivity contribution >= 4 is 11.3 Å². The van der Waals surface area contributed by atoms with Crippen molar-refractivity contribution in [3.8, 4) is 0 Å². The van der Waals surface area contributed by atoms with E-state index in [1.54, 1.807) is 11.3 Å². The number of hydrogen-bond acceptors (Lipinski definition) is 7. The molecule has 7 heteroatoms. The Morgan fingerprint density at radius 1 is 1.42 bits per heavy atom. The maximum atomic E-state index is 5.08. The van der Waals surface area contributed by atoms with Crippen LogP contribution < -0.4 is 0 Å². The fourth-order valence-electron chi connectivity index (χ4n) is 3.19. The van der Waals surface area contributed by atoms with E-state index in [1.807, 2.05) is 6.92 Å². The predicted octanol–water partition coefficient (Wildman–Crippen LogP) is 3.05. The number of aromatic nitrogens is 3. The molecule has 2 aromatic rings. The fourth-order valence-corrected chi connectivity index (χ4v) is 4.01. The second-order valence-corrected chi connectivity index (χ2v) is 7.90. The van der Waals surface area contributed by atoms with Gasteiger partial charge in [0.05, 0.1) is 17.2 Å². The van der Waals surface area contributed by atoms with E-state index >= 15 is 0 Å². The number of likely N-dealkylation sites (N-methyl/N-ethyl adjacent to an activating group) is 1. The lowest BCUT2D eigenvalue weighted by Crippen LogP contribution is -2.45. The Kier molecular flexibility index (Phi) is 5.63. The first-order valence-corrected chi connectivity index (χ1v) is 9.55. The summed E-state index contributed by atoms with van der Waals surface area (Å²) in [5.74, 6) is 1.94. The normalized spacial score (nSPS) is 19.5. The van der Waals surface area contributed by atoms with Gasteiger partial charge in [0.2, 0.25) is 5.89 Å². The molecule has 0 aromatic carbocycles. The molecule has 6 nitrogen and oxygen atoms in total. The van der Waals surface area contributed by atoms with Crippen LogP contribution in [0.25, 0.3) is 0 Å². The van der Waals surface area contributed by atoms with Crippen molar-refractivity contribution in [2.24, 2.45) is 0 Å². The fraction of sp³-hybridized carbons (Fsp3) is 0.706. The molecule has 1 aliphatic rings. The molecule has 1 atom stereocenters. The Hall–Kier alpha value is -1.31. The van der Waals surface area contributed by atoms with Crippen molar-refractivity contribution in [2.45, 2.75) is 58.7 Å². The molecule has 0 unspecified atom stereocenters. The molecule has 0 N–H and O–H groups in total. The SMILES string of the molecule is Cc1nc(CN2CCC[C@H](N(C)Cc3csc(C(C)C)n3)C2)no1. The minimum absolute atomic E-state index is 0.512. The van der Waals surface area contributed by atoms with Crippen LogP contribution in [0.15, 0.2) is 9.90 Å². The minimum atomic E-state index is 0.512. The van der Waals surface area contributed by atoms with Crippen molar-refractivity contribution in [2.75, 3.05) is 20.1 Å². The van der Waals surface area contributed by atoms with Crippen molar-refractivity contribution in [3.63, 3.8) is 0 Å². The first kappa shape index (κ1) is 17.5. The van der Waals surface area contributed by atoms with Crippen molar-refractivity contribution < 1.29 is 4.52 Å². The number of hydrogen-bond donors (Lipinski definition) is 0. The van der Waals surface area contributed by atoms with Crippen LogP contribution in [0, 0.1) is 6.92 Å². The first-order valence-electron chi connectivity index (χ1n) is 8.67. The Bertz CT molecular complexity index is 653. The molecule has 0 radical (unpaired) electrons. The van der Waals surface area contributed by atoms with Crippen LogP contribution in [0.3, 0.4) is 0 Å². The zero-order valence-electron chi connectivity index (χ0n) is 15.0. The summed E-state index contributed by atoms with van der Waals surface area (Å²) in [7, 11) is 2.21. The van der Waals surface area contributed by atoms with Gasteiger partial charge < -0.3 is 4.52 Å². The predicted molar refractivity (Wildman–Crippen MR) is 95.0 cm³/mol. The molecule has 1 aliphatic heterocycles. The molecule has 0 aliphatic carbocycles. The van der Waals surface area contributed by atoms with Gasteiger partial charge in [-0.15, -0.1) is 11.3 Å². The molecule has 0 amide bonds. The van der Waals surface area contributed by atoms with Gasteiger partial charge in [-0.1, -0.05) is 19.0 Å². The monoisotopic (exact) mass is 349 g/mol. The molecule has 3 heterocycles. The summed E-state index contributed by atoms with van der Waals surface area (Å²) >= 11 is 1.78. The van der Waals surface area contributed by atoms with Gasteiger partial charge in [0.15, 0.2) is 5.82 Å². The van der Waals surface area contributed by atoms with Gasteiger partial charge in [-0.05, 0) is 26.4 Å². The second kappa shape index (κ2) is 7.72. The summed E-state index contributed by atoms with van der Waals surface area (Å²) in [6.07, 6.45) is 2.44. The largest absolute Gasteiger partial charge is 0.340 e. The lowest BCUT2D eigenvalue weighted by molar-refractivity contribution is 0.104. The standard InChI is InChI=1S/C17H27N5OS/c1-12(2)17-19-14(11-24-17)8-21(4)15-6-5-7-22(9-15)10-16-18-13(3)23-20-16/h11-12,15H,5-10H2,1-4H3/t15-/m0/s1. The van der Waals surface area contributed by atoms with E-state index in [0.29, 0.717) is 17.9 Å². The molecule has 24 heavy (non-hydrogen) atoms. The van der Waals surface area contributed by atoms with E-state index in [-0.39, 0.29) is 0 Å². The summed E-state index contributed by atoms with van der Waals surface area (Å²) in [6.45, 7) is 10.1. The number of aryl methyl sites for hydroxylation is 1. The highest BCUT2D eigenvalue weighted by Crippen LogP contribution is 2.22. The number of nitrogens with zero attached hydrogens (tertiary/aromatic N) is 5. The molecule has 2 aromatic heterocycles. The zero-order chi connectivity index (χ0) is 17.1. The van der Waals surface area contributed by atoms with Crippen molar-refractivity contribution in [1.29, 1.82) is 0 Å². The first-order chi connectivity index (χ1) is 11.5. The van der Waals surface area contributed by atoms with E-state index in [9.17, 15) is 0 Å². The highest BCUT2D eigenvalue weighted by Gasteiger charge is 2.24. The second-order valence-electron chi connectivity index (χ2n) is 7.01. The van der Waals surface area contributed by atoms with Crippen LogP contribution in [0.2, 0.25) is 0 Å². The smallest absolute Gasteiger partial charge is 0.223 e.